The number of carbonyl (C=O) groups excluding carboxylic acids is 2. The van der Waals surface area contributed by atoms with Gasteiger partial charge in [0.1, 0.15) is 6.04 Å². The molecule has 0 bridgehead atoms. The molecular weight excluding hydrogens is 274 g/mol. The highest BCUT2D eigenvalue weighted by atomic mass is 16.4. The molecule has 2 rings (SSSR count). The number of carboxylic acid groups (broad SMARTS) is 1. The van der Waals surface area contributed by atoms with Gasteiger partial charge in [-0.25, -0.2) is 9.59 Å². The first-order valence-electron chi connectivity index (χ1n) is 6.55. The van der Waals surface area contributed by atoms with Gasteiger partial charge in [-0.15, -0.1) is 0 Å². The van der Waals surface area contributed by atoms with Crippen molar-refractivity contribution >= 4 is 23.6 Å². The lowest BCUT2D eigenvalue weighted by molar-refractivity contribution is -0.128. The van der Waals surface area contributed by atoms with Crippen molar-refractivity contribution in [2.24, 2.45) is 0 Å². The number of carbonyl (C=O) groups is 3. The fraction of sp³-hybridized carbons (Fsp3) is 0.357. The molecule has 1 heterocycles. The lowest BCUT2D eigenvalue weighted by atomic mass is 10.1. The van der Waals surface area contributed by atoms with Crippen LogP contribution in [0.5, 0.6) is 0 Å². The van der Waals surface area contributed by atoms with Gasteiger partial charge in [-0.05, 0) is 25.0 Å². The SMILES string of the molecule is Cc1cccc(NC(=O)NC2CCN(C)C2=O)c1C(=O)O. The number of carboxylic acids is 1. The molecule has 1 aliphatic rings. The van der Waals surface area contributed by atoms with Crippen LogP contribution in [-0.2, 0) is 4.79 Å². The highest BCUT2D eigenvalue weighted by Gasteiger charge is 2.30. The van der Waals surface area contributed by atoms with Gasteiger partial charge >= 0.3 is 12.0 Å². The number of hydrogen-bond acceptors (Lipinski definition) is 3. The second kappa shape index (κ2) is 5.82. The van der Waals surface area contributed by atoms with Gasteiger partial charge in [-0.3, -0.25) is 4.79 Å². The normalized spacial score (nSPS) is 17.7. The van der Waals surface area contributed by atoms with Crippen molar-refractivity contribution < 1.29 is 19.5 Å². The van der Waals surface area contributed by atoms with E-state index in [4.69, 9.17) is 0 Å². The van der Waals surface area contributed by atoms with Gasteiger partial charge in [0.25, 0.3) is 0 Å². The molecule has 1 aromatic carbocycles. The van der Waals surface area contributed by atoms with E-state index in [0.29, 0.717) is 18.5 Å². The van der Waals surface area contributed by atoms with Gasteiger partial charge in [0.05, 0.1) is 11.3 Å². The topological polar surface area (TPSA) is 98.7 Å². The Morgan fingerprint density at radius 1 is 1.38 bits per heavy atom. The summed E-state index contributed by atoms with van der Waals surface area (Å²) >= 11 is 0. The molecule has 1 unspecified atom stereocenters. The number of aryl methyl sites for hydroxylation is 1. The van der Waals surface area contributed by atoms with E-state index < -0.39 is 18.0 Å². The molecule has 21 heavy (non-hydrogen) atoms. The van der Waals surface area contributed by atoms with Crippen LogP contribution in [0.4, 0.5) is 10.5 Å². The molecule has 0 aromatic heterocycles. The number of anilines is 1. The molecule has 112 valence electrons. The minimum Gasteiger partial charge on any atom is -0.478 e. The van der Waals surface area contributed by atoms with Crippen molar-refractivity contribution in [2.45, 2.75) is 19.4 Å². The maximum atomic E-state index is 11.9. The van der Waals surface area contributed by atoms with E-state index in [-0.39, 0.29) is 17.2 Å². The first-order valence-corrected chi connectivity index (χ1v) is 6.55. The molecule has 7 nitrogen and oxygen atoms in total. The standard InChI is InChI=1S/C14H17N3O4/c1-8-4-3-5-9(11(8)13(19)20)15-14(21)16-10-6-7-17(2)12(10)18/h3-5,10H,6-7H2,1-2H3,(H,19,20)(H2,15,16,21). The lowest BCUT2D eigenvalue weighted by Crippen LogP contribution is -2.42. The van der Waals surface area contributed by atoms with E-state index in [0.717, 1.165) is 0 Å². The van der Waals surface area contributed by atoms with Crippen molar-refractivity contribution in [1.82, 2.24) is 10.2 Å². The van der Waals surface area contributed by atoms with E-state index in [1.165, 1.54) is 6.07 Å². The maximum Gasteiger partial charge on any atom is 0.338 e. The summed E-state index contributed by atoms with van der Waals surface area (Å²) < 4.78 is 0. The minimum atomic E-state index is -1.11. The summed E-state index contributed by atoms with van der Waals surface area (Å²) in [5, 5.41) is 14.2. The molecule has 1 aliphatic heterocycles. The van der Waals surface area contributed by atoms with Crippen molar-refractivity contribution in [2.75, 3.05) is 18.9 Å². The molecule has 3 amide bonds. The number of likely N-dealkylation sites (N-methyl/N-ethyl adjacent to an activating group) is 1. The van der Waals surface area contributed by atoms with Crippen LogP contribution in [0, 0.1) is 6.92 Å². The number of benzene rings is 1. The lowest BCUT2D eigenvalue weighted by Gasteiger charge is -2.14. The van der Waals surface area contributed by atoms with Crippen molar-refractivity contribution in [1.29, 1.82) is 0 Å². The molecule has 0 aliphatic carbocycles. The number of likely N-dealkylation sites (tertiary alicyclic amines) is 1. The number of hydrogen-bond donors (Lipinski definition) is 3. The first-order chi connectivity index (χ1) is 9.90. The highest BCUT2D eigenvalue weighted by molar-refractivity contribution is 6.02. The van der Waals surface area contributed by atoms with Crippen LogP contribution in [0.2, 0.25) is 0 Å². The third kappa shape index (κ3) is 3.13. The molecule has 1 atom stereocenters. The molecule has 0 saturated carbocycles. The first kappa shape index (κ1) is 14.8. The van der Waals surface area contributed by atoms with Crippen LogP contribution in [0.3, 0.4) is 0 Å². The van der Waals surface area contributed by atoms with E-state index in [2.05, 4.69) is 10.6 Å². The fourth-order valence-corrected chi connectivity index (χ4v) is 2.33. The summed E-state index contributed by atoms with van der Waals surface area (Å²) in [7, 11) is 1.67. The average Bonchev–Trinajstić information content (AvgIpc) is 2.70. The number of amides is 3. The Labute approximate surface area is 121 Å². The Morgan fingerprint density at radius 3 is 2.67 bits per heavy atom. The molecule has 3 N–H and O–H groups in total. The molecule has 1 aromatic rings. The molecule has 0 radical (unpaired) electrons. The van der Waals surface area contributed by atoms with Crippen LogP contribution in [0.1, 0.15) is 22.3 Å². The van der Waals surface area contributed by atoms with Crippen LogP contribution in [0.25, 0.3) is 0 Å². The summed E-state index contributed by atoms with van der Waals surface area (Å²) in [6.07, 6.45) is 0.544. The van der Waals surface area contributed by atoms with E-state index in [1.54, 1.807) is 31.0 Å². The molecule has 7 heteroatoms. The smallest absolute Gasteiger partial charge is 0.338 e. The Bertz CT molecular complexity index is 600. The predicted molar refractivity (Wildman–Crippen MR) is 76.3 cm³/mol. The maximum absolute atomic E-state index is 11.9. The molecular formula is C14H17N3O4. The molecule has 0 spiro atoms. The summed E-state index contributed by atoms with van der Waals surface area (Å²) in [5.74, 6) is -1.26. The summed E-state index contributed by atoms with van der Waals surface area (Å²) in [6.45, 7) is 2.25. The second-order valence-corrected chi connectivity index (χ2v) is 5.00. The van der Waals surface area contributed by atoms with Crippen molar-refractivity contribution in [3.05, 3.63) is 29.3 Å². The molecule has 1 saturated heterocycles. The second-order valence-electron chi connectivity index (χ2n) is 5.00. The minimum absolute atomic E-state index is 0.0440. The Morgan fingerprint density at radius 2 is 2.10 bits per heavy atom. The van der Waals surface area contributed by atoms with E-state index >= 15 is 0 Å². The van der Waals surface area contributed by atoms with Crippen LogP contribution < -0.4 is 10.6 Å². The van der Waals surface area contributed by atoms with Gasteiger partial charge in [0.2, 0.25) is 5.91 Å². The summed E-state index contributed by atoms with van der Waals surface area (Å²) in [5.41, 5.74) is 0.804. The Kier molecular flexibility index (Phi) is 4.11. The van der Waals surface area contributed by atoms with Crippen LogP contribution >= 0.6 is 0 Å². The summed E-state index contributed by atoms with van der Waals surface area (Å²) in [4.78, 5) is 36.4. The third-order valence-corrected chi connectivity index (χ3v) is 3.47. The van der Waals surface area contributed by atoms with Gasteiger partial charge in [0, 0.05) is 13.6 Å². The number of nitrogens with one attached hydrogen (secondary N) is 2. The zero-order valence-electron chi connectivity index (χ0n) is 11.8. The quantitative estimate of drug-likeness (QED) is 0.775. The Balaban J connectivity index is 2.09. The van der Waals surface area contributed by atoms with Gasteiger partial charge in [-0.1, -0.05) is 12.1 Å². The molecule has 1 fully saturated rings. The predicted octanol–water partition coefficient (Wildman–Crippen LogP) is 1.05. The number of urea groups is 1. The van der Waals surface area contributed by atoms with Gasteiger partial charge < -0.3 is 20.6 Å². The largest absolute Gasteiger partial charge is 0.478 e. The third-order valence-electron chi connectivity index (χ3n) is 3.47. The van der Waals surface area contributed by atoms with Crippen LogP contribution in [0.15, 0.2) is 18.2 Å². The van der Waals surface area contributed by atoms with Gasteiger partial charge in [0.15, 0.2) is 0 Å². The van der Waals surface area contributed by atoms with Crippen molar-refractivity contribution in [3.8, 4) is 0 Å². The zero-order chi connectivity index (χ0) is 15.6. The fourth-order valence-electron chi connectivity index (χ4n) is 2.33. The summed E-state index contributed by atoms with van der Waals surface area (Å²) in [6, 6.07) is 3.68. The number of rotatable bonds is 3. The van der Waals surface area contributed by atoms with Crippen LogP contribution in [-0.4, -0.2) is 47.5 Å². The zero-order valence-corrected chi connectivity index (χ0v) is 11.8. The average molecular weight is 291 g/mol. The monoisotopic (exact) mass is 291 g/mol. The number of aromatic carboxylic acids is 1. The van der Waals surface area contributed by atoms with Gasteiger partial charge in [-0.2, -0.15) is 0 Å². The van der Waals surface area contributed by atoms with E-state index in [9.17, 15) is 19.5 Å². The van der Waals surface area contributed by atoms with E-state index in [1.807, 2.05) is 0 Å². The van der Waals surface area contributed by atoms with Crippen molar-refractivity contribution in [3.63, 3.8) is 0 Å². The Hall–Kier alpha value is -2.57. The highest BCUT2D eigenvalue weighted by Crippen LogP contribution is 2.19. The number of nitrogens with zero attached hydrogens (tertiary/aromatic N) is 1.